The molecular weight excluding hydrogens is 956 g/mol. The number of halogens is 5. The van der Waals surface area contributed by atoms with E-state index in [2.05, 4.69) is 15.4 Å². The first kappa shape index (κ1) is 51.0. The molecule has 0 unspecified atom stereocenters. The molecule has 9 rings (SSSR count). The standard InChI is InChI=1S/C31H22F5NO5.C25H23NO5/c32-23-24(33)26(35)29(27(36)25(23)34)42-30(39)28(38)22(14-16-8-2-1-3-9-16)37-31(40)41-15-21-19-12-6-4-10-17(19)18-11-5-7-13-20(18)21;27-23(24(28)29)22(14-16-8-2-1-3-9-16)26-25(30)31-15-21-19-12-6-4-10-17(19)18-11-5-7-13-20(18)21/h1-13,21-22,28,38H,14-15H2,(H,37,40);1-13,21-23,27H,14-15H2,(H,26,30)(H,28,29)/t22-,28+;22-,23+/m11/s1. The van der Waals surface area contributed by atoms with Gasteiger partial charge >= 0.3 is 24.1 Å². The molecule has 2 aliphatic rings. The SMILES string of the molecule is O=C(N[C@H](Cc1ccccc1)[C@H](O)C(=O)O)OCC1c2ccccc2-c2ccccc21.O=C(N[C@H](Cc1ccccc1)[C@H](O)C(=O)Oc1c(F)c(F)c(F)c(F)c1F)OCC1c2ccccc2-c2ccccc21. The molecule has 0 aliphatic heterocycles. The van der Waals surface area contributed by atoms with Crippen molar-refractivity contribution in [3.8, 4) is 28.0 Å². The zero-order chi connectivity index (χ0) is 51.8. The molecule has 0 fully saturated rings. The van der Waals surface area contributed by atoms with Crippen LogP contribution in [0, 0.1) is 29.1 Å². The first-order valence-corrected chi connectivity index (χ1v) is 22.8. The molecule has 7 aromatic rings. The van der Waals surface area contributed by atoms with Crippen LogP contribution in [0.5, 0.6) is 5.75 Å². The van der Waals surface area contributed by atoms with Gasteiger partial charge in [0.1, 0.15) is 13.2 Å². The van der Waals surface area contributed by atoms with Gasteiger partial charge in [-0.1, -0.05) is 158 Å². The molecule has 73 heavy (non-hydrogen) atoms. The van der Waals surface area contributed by atoms with E-state index in [4.69, 9.17) is 9.47 Å². The van der Waals surface area contributed by atoms with Gasteiger partial charge in [-0.15, -0.1) is 0 Å². The summed E-state index contributed by atoms with van der Waals surface area (Å²) in [5.41, 5.74) is 9.62. The molecule has 17 heteroatoms. The number of aliphatic carboxylic acids is 1. The molecule has 0 heterocycles. The van der Waals surface area contributed by atoms with E-state index in [1.54, 1.807) is 42.5 Å². The number of carboxylic acids is 1. The van der Waals surface area contributed by atoms with E-state index in [0.717, 1.165) is 50.1 Å². The van der Waals surface area contributed by atoms with Crippen LogP contribution in [0.3, 0.4) is 0 Å². The molecule has 4 atom stereocenters. The Kier molecular flexibility index (Phi) is 15.9. The number of benzene rings is 7. The lowest BCUT2D eigenvalue weighted by Gasteiger charge is -2.23. The van der Waals surface area contributed by atoms with Gasteiger partial charge in [0.05, 0.1) is 12.1 Å². The third-order valence-corrected chi connectivity index (χ3v) is 12.5. The van der Waals surface area contributed by atoms with Gasteiger partial charge in [-0.25, -0.2) is 32.3 Å². The van der Waals surface area contributed by atoms with Crippen LogP contribution in [-0.2, 0) is 31.9 Å². The molecule has 0 saturated carbocycles. The van der Waals surface area contributed by atoms with Crippen molar-refractivity contribution in [2.75, 3.05) is 13.2 Å². The molecule has 0 bridgehead atoms. The van der Waals surface area contributed by atoms with Crippen molar-refractivity contribution in [3.05, 3.63) is 220 Å². The lowest BCUT2D eigenvalue weighted by atomic mass is 9.98. The fourth-order valence-electron chi connectivity index (χ4n) is 8.97. The lowest BCUT2D eigenvalue weighted by Crippen LogP contribution is -2.50. The third-order valence-electron chi connectivity index (χ3n) is 12.5. The van der Waals surface area contributed by atoms with Gasteiger partial charge in [0, 0.05) is 11.8 Å². The zero-order valence-electron chi connectivity index (χ0n) is 38.4. The Labute approximate surface area is 414 Å². The maximum atomic E-state index is 14.1. The van der Waals surface area contributed by atoms with Crippen molar-refractivity contribution in [1.82, 2.24) is 10.6 Å². The third kappa shape index (κ3) is 11.4. The van der Waals surface area contributed by atoms with E-state index in [9.17, 15) is 56.4 Å². The fraction of sp³-hybridized carbons (Fsp3) is 0.179. The summed E-state index contributed by atoms with van der Waals surface area (Å²) < 4.78 is 84.0. The van der Waals surface area contributed by atoms with E-state index in [0.29, 0.717) is 5.56 Å². The average Bonchev–Trinajstić information content (AvgIpc) is 3.91. The van der Waals surface area contributed by atoms with E-state index < -0.39 is 83.3 Å². The van der Waals surface area contributed by atoms with Crippen LogP contribution in [0.1, 0.15) is 45.2 Å². The number of nitrogens with one attached hydrogen (secondary N) is 2. The number of rotatable bonds is 15. The second kappa shape index (κ2) is 22.8. The monoisotopic (exact) mass is 1000 g/mol. The predicted octanol–water partition coefficient (Wildman–Crippen LogP) is 9.38. The molecule has 0 saturated heterocycles. The number of carboxylic acid groups (broad SMARTS) is 1. The average molecular weight is 1000 g/mol. The van der Waals surface area contributed by atoms with E-state index in [1.165, 1.54) is 0 Å². The molecular formula is C56H45F5N2O10. The Morgan fingerprint density at radius 1 is 0.452 bits per heavy atom. The predicted molar refractivity (Wildman–Crippen MR) is 256 cm³/mol. The first-order valence-electron chi connectivity index (χ1n) is 22.8. The van der Waals surface area contributed by atoms with Gasteiger partial charge in [-0.05, 0) is 68.5 Å². The molecule has 2 amide bonds. The Morgan fingerprint density at radius 3 is 1.12 bits per heavy atom. The minimum atomic E-state index is -2.44. The number of hydrogen-bond acceptors (Lipinski definition) is 9. The summed E-state index contributed by atoms with van der Waals surface area (Å²) in [5, 5.41) is 34.9. The molecule has 5 N–H and O–H groups in total. The number of amides is 2. The van der Waals surface area contributed by atoms with Gasteiger partial charge < -0.3 is 40.2 Å². The molecule has 374 valence electrons. The molecule has 12 nitrogen and oxygen atoms in total. The maximum absolute atomic E-state index is 14.1. The highest BCUT2D eigenvalue weighted by atomic mass is 19.2. The number of hydrogen-bond donors (Lipinski definition) is 5. The molecule has 0 aromatic heterocycles. The number of aliphatic hydroxyl groups excluding tert-OH is 2. The number of alkyl carbamates (subject to hydrolysis) is 2. The lowest BCUT2D eigenvalue weighted by molar-refractivity contribution is -0.148. The summed E-state index contributed by atoms with van der Waals surface area (Å²) in [6, 6.07) is 46.1. The minimum absolute atomic E-state index is 0.0942. The summed E-state index contributed by atoms with van der Waals surface area (Å²) in [7, 11) is 0. The van der Waals surface area contributed by atoms with Crippen LogP contribution in [0.25, 0.3) is 22.3 Å². The Balaban J connectivity index is 0.000000204. The zero-order valence-corrected chi connectivity index (χ0v) is 38.4. The highest BCUT2D eigenvalue weighted by Gasteiger charge is 2.36. The number of aliphatic hydroxyl groups is 2. The first-order chi connectivity index (χ1) is 35.2. The largest absolute Gasteiger partial charge is 0.479 e. The maximum Gasteiger partial charge on any atom is 0.407 e. The van der Waals surface area contributed by atoms with Crippen LogP contribution in [-0.4, -0.2) is 77.0 Å². The normalized spacial score (nSPS) is 13.8. The van der Waals surface area contributed by atoms with Crippen LogP contribution in [0.15, 0.2) is 158 Å². The summed E-state index contributed by atoms with van der Waals surface area (Å²) in [6.07, 6.45) is -5.85. The second-order valence-electron chi connectivity index (χ2n) is 17.1. The molecule has 0 radical (unpaired) electrons. The van der Waals surface area contributed by atoms with Crippen LogP contribution in [0.2, 0.25) is 0 Å². The molecule has 7 aromatic carbocycles. The Bertz CT molecular complexity index is 3020. The van der Waals surface area contributed by atoms with Crippen LogP contribution in [0.4, 0.5) is 31.5 Å². The van der Waals surface area contributed by atoms with Crippen molar-refractivity contribution in [3.63, 3.8) is 0 Å². The van der Waals surface area contributed by atoms with Gasteiger partial charge in [-0.3, -0.25) is 0 Å². The summed E-state index contributed by atoms with van der Waals surface area (Å²) in [6.45, 7) is 0.0180. The van der Waals surface area contributed by atoms with Gasteiger partial charge in [0.15, 0.2) is 12.2 Å². The summed E-state index contributed by atoms with van der Waals surface area (Å²) in [5.74, 6) is -17.3. The molecule has 0 spiro atoms. The van der Waals surface area contributed by atoms with E-state index >= 15 is 0 Å². The number of ether oxygens (including phenoxy) is 3. The number of carbonyl (C=O) groups is 4. The van der Waals surface area contributed by atoms with Crippen molar-refractivity contribution in [2.45, 2.75) is 49.0 Å². The highest BCUT2D eigenvalue weighted by molar-refractivity contribution is 5.81. The number of carbonyl (C=O) groups excluding carboxylic acids is 3. The number of esters is 1. The highest BCUT2D eigenvalue weighted by Crippen LogP contribution is 2.46. The van der Waals surface area contributed by atoms with Crippen LogP contribution < -0.4 is 15.4 Å². The van der Waals surface area contributed by atoms with Crippen molar-refractivity contribution in [1.29, 1.82) is 0 Å². The quantitative estimate of drug-likeness (QED) is 0.0218. The Morgan fingerprint density at radius 2 is 0.767 bits per heavy atom. The fourth-order valence-corrected chi connectivity index (χ4v) is 8.97. The number of fused-ring (bicyclic) bond motifs is 6. The topological polar surface area (TPSA) is 181 Å². The van der Waals surface area contributed by atoms with Crippen molar-refractivity contribution in [2.24, 2.45) is 0 Å². The summed E-state index contributed by atoms with van der Waals surface area (Å²) >= 11 is 0. The van der Waals surface area contributed by atoms with Crippen molar-refractivity contribution >= 4 is 24.1 Å². The smallest absolute Gasteiger partial charge is 0.407 e. The van der Waals surface area contributed by atoms with Gasteiger partial charge in [0.25, 0.3) is 0 Å². The van der Waals surface area contributed by atoms with E-state index in [-0.39, 0.29) is 37.9 Å². The Hall–Kier alpha value is -8.41. The van der Waals surface area contributed by atoms with E-state index in [1.807, 2.05) is 115 Å². The minimum Gasteiger partial charge on any atom is -0.479 e. The van der Waals surface area contributed by atoms with Crippen molar-refractivity contribution < 1.29 is 70.7 Å². The second-order valence-corrected chi connectivity index (χ2v) is 17.1. The molecule has 2 aliphatic carbocycles. The van der Waals surface area contributed by atoms with Gasteiger partial charge in [0.2, 0.25) is 34.8 Å². The summed E-state index contributed by atoms with van der Waals surface area (Å²) in [4.78, 5) is 49.4. The van der Waals surface area contributed by atoms with Crippen LogP contribution >= 0.6 is 0 Å². The van der Waals surface area contributed by atoms with Gasteiger partial charge in [-0.2, -0.15) is 8.78 Å².